The van der Waals surface area contributed by atoms with Crippen LogP contribution >= 0.6 is 0 Å². The van der Waals surface area contributed by atoms with Crippen molar-refractivity contribution in [2.24, 2.45) is 0 Å². The van der Waals surface area contributed by atoms with E-state index in [1.165, 1.54) is 5.56 Å². The Bertz CT molecular complexity index is 314. The average molecular weight is 236 g/mol. The number of carbonyl (C=O) groups excluding carboxylic acids is 1. The highest BCUT2D eigenvalue weighted by atomic mass is 16.5. The summed E-state index contributed by atoms with van der Waals surface area (Å²) in [5.74, 6) is 0.0580. The normalized spacial score (nSPS) is 10.2. The van der Waals surface area contributed by atoms with E-state index in [-0.39, 0.29) is 5.91 Å². The molecule has 0 saturated carbocycles. The minimum absolute atomic E-state index is 0.0580. The Morgan fingerprint density at radius 1 is 1.24 bits per heavy atom. The summed E-state index contributed by atoms with van der Waals surface area (Å²) in [7, 11) is 1.62. The second-order valence-corrected chi connectivity index (χ2v) is 3.76. The summed E-state index contributed by atoms with van der Waals surface area (Å²) < 4.78 is 4.85. The molecule has 94 valence electrons. The van der Waals surface area contributed by atoms with Gasteiger partial charge in [0.25, 0.3) is 0 Å². The fourth-order valence-electron chi connectivity index (χ4n) is 1.41. The van der Waals surface area contributed by atoms with Crippen LogP contribution in [0, 0.1) is 0 Å². The van der Waals surface area contributed by atoms with Gasteiger partial charge in [-0.05, 0) is 5.56 Å². The molecule has 4 heteroatoms. The maximum absolute atomic E-state index is 11.3. The van der Waals surface area contributed by atoms with Gasteiger partial charge in [-0.3, -0.25) is 4.79 Å². The van der Waals surface area contributed by atoms with Crippen LogP contribution < -0.4 is 10.6 Å². The summed E-state index contributed by atoms with van der Waals surface area (Å²) >= 11 is 0. The van der Waals surface area contributed by atoms with Crippen LogP contribution in [0.2, 0.25) is 0 Å². The summed E-state index contributed by atoms with van der Waals surface area (Å²) in [6.45, 7) is 2.62. The van der Waals surface area contributed by atoms with E-state index < -0.39 is 0 Å². The van der Waals surface area contributed by atoms with Crippen LogP contribution in [0.4, 0.5) is 0 Å². The van der Waals surface area contributed by atoms with Crippen molar-refractivity contribution in [3.8, 4) is 0 Å². The minimum atomic E-state index is 0.0580. The standard InChI is InChI=1S/C13H20N2O2/c1-17-10-9-15-13(16)7-8-14-11-12-5-3-2-4-6-12/h2-6,14H,7-11H2,1H3,(H,15,16). The highest BCUT2D eigenvalue weighted by Gasteiger charge is 1.99. The molecule has 0 saturated heterocycles. The molecular formula is C13H20N2O2. The third-order valence-electron chi connectivity index (χ3n) is 2.33. The van der Waals surface area contributed by atoms with Crippen molar-refractivity contribution in [1.82, 2.24) is 10.6 Å². The van der Waals surface area contributed by atoms with Crippen molar-refractivity contribution in [3.63, 3.8) is 0 Å². The zero-order valence-corrected chi connectivity index (χ0v) is 10.2. The van der Waals surface area contributed by atoms with Gasteiger partial charge < -0.3 is 15.4 Å². The predicted octanol–water partition coefficient (Wildman–Crippen LogP) is 0.929. The molecule has 17 heavy (non-hydrogen) atoms. The van der Waals surface area contributed by atoms with Gasteiger partial charge in [-0.2, -0.15) is 0 Å². The Hall–Kier alpha value is -1.39. The number of methoxy groups -OCH3 is 1. The maximum Gasteiger partial charge on any atom is 0.221 e. The molecule has 0 bridgehead atoms. The van der Waals surface area contributed by atoms with Crippen LogP contribution in [-0.4, -0.2) is 32.7 Å². The number of hydrogen-bond acceptors (Lipinski definition) is 3. The molecular weight excluding hydrogens is 216 g/mol. The van der Waals surface area contributed by atoms with Crippen molar-refractivity contribution >= 4 is 5.91 Å². The van der Waals surface area contributed by atoms with Crippen molar-refractivity contribution in [3.05, 3.63) is 35.9 Å². The first-order chi connectivity index (χ1) is 8.33. The second kappa shape index (κ2) is 8.73. The lowest BCUT2D eigenvalue weighted by Gasteiger charge is -2.06. The smallest absolute Gasteiger partial charge is 0.221 e. The lowest BCUT2D eigenvalue weighted by atomic mass is 10.2. The highest BCUT2D eigenvalue weighted by molar-refractivity contribution is 5.75. The molecule has 0 aromatic heterocycles. The van der Waals surface area contributed by atoms with Crippen molar-refractivity contribution < 1.29 is 9.53 Å². The van der Waals surface area contributed by atoms with Crippen LogP contribution in [0.5, 0.6) is 0 Å². The highest BCUT2D eigenvalue weighted by Crippen LogP contribution is 1.96. The molecule has 1 aromatic rings. The van der Waals surface area contributed by atoms with Gasteiger partial charge in [-0.15, -0.1) is 0 Å². The SMILES string of the molecule is COCCNC(=O)CCNCc1ccccc1. The van der Waals surface area contributed by atoms with Gasteiger partial charge in [0.15, 0.2) is 0 Å². The van der Waals surface area contributed by atoms with E-state index in [9.17, 15) is 4.79 Å². The number of carbonyl (C=O) groups is 1. The van der Waals surface area contributed by atoms with Gasteiger partial charge in [0.05, 0.1) is 6.61 Å². The van der Waals surface area contributed by atoms with Gasteiger partial charge in [0, 0.05) is 33.2 Å². The predicted molar refractivity (Wildman–Crippen MR) is 67.7 cm³/mol. The van der Waals surface area contributed by atoms with Crippen LogP contribution in [0.15, 0.2) is 30.3 Å². The Morgan fingerprint density at radius 3 is 2.71 bits per heavy atom. The van der Waals surface area contributed by atoms with Crippen LogP contribution in [0.1, 0.15) is 12.0 Å². The first kappa shape index (κ1) is 13.7. The van der Waals surface area contributed by atoms with Gasteiger partial charge in [0.2, 0.25) is 5.91 Å². The molecule has 0 atom stereocenters. The summed E-state index contributed by atoms with van der Waals surface area (Å²) in [6, 6.07) is 10.1. The fraction of sp³-hybridized carbons (Fsp3) is 0.462. The second-order valence-electron chi connectivity index (χ2n) is 3.76. The third-order valence-corrected chi connectivity index (χ3v) is 2.33. The van der Waals surface area contributed by atoms with E-state index in [4.69, 9.17) is 4.74 Å². The molecule has 2 N–H and O–H groups in total. The first-order valence-corrected chi connectivity index (χ1v) is 5.83. The molecule has 0 spiro atoms. The summed E-state index contributed by atoms with van der Waals surface area (Å²) in [5, 5.41) is 6.01. The molecule has 0 aliphatic carbocycles. The lowest BCUT2D eigenvalue weighted by molar-refractivity contribution is -0.121. The number of ether oxygens (including phenoxy) is 1. The van der Waals surface area contributed by atoms with Crippen LogP contribution in [0.25, 0.3) is 0 Å². The van der Waals surface area contributed by atoms with Gasteiger partial charge >= 0.3 is 0 Å². The Morgan fingerprint density at radius 2 is 2.00 bits per heavy atom. The summed E-state index contributed by atoms with van der Waals surface area (Å²) in [5.41, 5.74) is 1.23. The van der Waals surface area contributed by atoms with Crippen LogP contribution in [-0.2, 0) is 16.1 Å². The Labute approximate surface area is 102 Å². The van der Waals surface area contributed by atoms with Gasteiger partial charge in [0.1, 0.15) is 0 Å². The van der Waals surface area contributed by atoms with Gasteiger partial charge in [-0.1, -0.05) is 30.3 Å². The molecule has 4 nitrogen and oxygen atoms in total. The van der Waals surface area contributed by atoms with Crippen molar-refractivity contribution in [1.29, 1.82) is 0 Å². The summed E-state index contributed by atoms with van der Waals surface area (Å²) in [6.07, 6.45) is 0.497. The van der Waals surface area contributed by atoms with E-state index in [0.717, 1.165) is 6.54 Å². The third kappa shape index (κ3) is 6.71. The van der Waals surface area contributed by atoms with Gasteiger partial charge in [-0.25, -0.2) is 0 Å². The topological polar surface area (TPSA) is 50.4 Å². The molecule has 0 aliphatic heterocycles. The minimum Gasteiger partial charge on any atom is -0.383 e. The van der Waals surface area contributed by atoms with E-state index in [1.54, 1.807) is 7.11 Å². The molecule has 1 rings (SSSR count). The zero-order chi connectivity index (χ0) is 12.3. The van der Waals surface area contributed by atoms with E-state index in [0.29, 0.717) is 26.1 Å². The average Bonchev–Trinajstić information content (AvgIpc) is 2.36. The fourth-order valence-corrected chi connectivity index (χ4v) is 1.41. The molecule has 0 aliphatic rings. The number of rotatable bonds is 8. The zero-order valence-electron chi connectivity index (χ0n) is 10.2. The van der Waals surface area contributed by atoms with Crippen molar-refractivity contribution in [2.45, 2.75) is 13.0 Å². The molecule has 0 heterocycles. The first-order valence-electron chi connectivity index (χ1n) is 5.83. The number of amides is 1. The monoisotopic (exact) mass is 236 g/mol. The molecule has 1 aromatic carbocycles. The molecule has 0 unspecified atom stereocenters. The molecule has 1 amide bonds. The largest absolute Gasteiger partial charge is 0.383 e. The summed E-state index contributed by atoms with van der Waals surface area (Å²) in [4.78, 5) is 11.3. The van der Waals surface area contributed by atoms with E-state index >= 15 is 0 Å². The van der Waals surface area contributed by atoms with E-state index in [1.807, 2.05) is 18.2 Å². The lowest BCUT2D eigenvalue weighted by Crippen LogP contribution is -2.29. The molecule has 0 fully saturated rings. The van der Waals surface area contributed by atoms with E-state index in [2.05, 4.69) is 22.8 Å². The Kier molecular flexibility index (Phi) is 7.02. The van der Waals surface area contributed by atoms with Crippen molar-refractivity contribution in [2.75, 3.05) is 26.8 Å². The molecule has 0 radical (unpaired) electrons. The Balaban J connectivity index is 2.02. The number of hydrogen-bond donors (Lipinski definition) is 2. The number of nitrogens with one attached hydrogen (secondary N) is 2. The maximum atomic E-state index is 11.3. The quantitative estimate of drug-likeness (QED) is 0.660. The van der Waals surface area contributed by atoms with Crippen LogP contribution in [0.3, 0.4) is 0 Å². The number of benzene rings is 1.